The zero-order chi connectivity index (χ0) is 20.5. The molecule has 0 unspecified atom stereocenters. The Kier molecular flexibility index (Phi) is 7.83. The van der Waals surface area contributed by atoms with Crippen molar-refractivity contribution in [3.63, 3.8) is 0 Å². The molecule has 0 fully saturated rings. The molecule has 0 aliphatic carbocycles. The minimum atomic E-state index is -0.226. The van der Waals surface area contributed by atoms with Crippen LogP contribution in [0.1, 0.15) is 50.2 Å². The van der Waals surface area contributed by atoms with Crippen LogP contribution in [0.2, 0.25) is 0 Å². The first-order valence-corrected chi connectivity index (χ1v) is 10.9. The highest BCUT2D eigenvalue weighted by Crippen LogP contribution is 2.25. The van der Waals surface area contributed by atoms with Crippen molar-refractivity contribution in [1.82, 2.24) is 19.7 Å². The molecule has 6 heteroatoms. The van der Waals surface area contributed by atoms with E-state index in [9.17, 15) is 4.39 Å². The molecule has 1 aromatic carbocycles. The highest BCUT2D eigenvalue weighted by molar-refractivity contribution is 7.98. The number of aromatic nitrogens is 4. The van der Waals surface area contributed by atoms with Gasteiger partial charge >= 0.3 is 0 Å². The van der Waals surface area contributed by atoms with Gasteiger partial charge in [-0.1, -0.05) is 61.9 Å². The highest BCUT2D eigenvalue weighted by Gasteiger charge is 2.12. The number of pyridine rings is 1. The van der Waals surface area contributed by atoms with Crippen molar-refractivity contribution in [2.75, 3.05) is 0 Å². The summed E-state index contributed by atoms with van der Waals surface area (Å²) in [4.78, 5) is 4.32. The van der Waals surface area contributed by atoms with Crippen molar-refractivity contribution in [2.45, 2.75) is 49.9 Å². The second-order valence-electron chi connectivity index (χ2n) is 6.86. The standard InChI is InChI=1S/C23H25FN4S/c1-3-4-5-6-7-8-9-19-14-20(16-25-15-19)22-26-27-23(28(22)2)29-17-18-10-12-21(24)13-11-18/h10-16H,3-7,17H2,1-2H3. The van der Waals surface area contributed by atoms with E-state index in [4.69, 9.17) is 0 Å². The summed E-state index contributed by atoms with van der Waals surface area (Å²) in [5.41, 5.74) is 2.83. The minimum Gasteiger partial charge on any atom is -0.305 e. The van der Waals surface area contributed by atoms with E-state index in [1.165, 1.54) is 31.4 Å². The van der Waals surface area contributed by atoms with E-state index in [0.29, 0.717) is 5.75 Å². The third-order valence-electron chi connectivity index (χ3n) is 4.50. The molecule has 0 saturated carbocycles. The minimum absolute atomic E-state index is 0.226. The molecule has 3 rings (SSSR count). The quantitative estimate of drug-likeness (QED) is 0.275. The van der Waals surface area contributed by atoms with Crippen molar-refractivity contribution in [1.29, 1.82) is 0 Å². The van der Waals surface area contributed by atoms with Crippen LogP contribution in [-0.4, -0.2) is 19.7 Å². The first kappa shape index (κ1) is 21.1. The Morgan fingerprint density at radius 3 is 2.69 bits per heavy atom. The summed E-state index contributed by atoms with van der Waals surface area (Å²) in [6.07, 6.45) is 9.37. The molecule has 4 nitrogen and oxygen atoms in total. The van der Waals surface area contributed by atoms with Gasteiger partial charge in [0.25, 0.3) is 0 Å². The Labute approximate surface area is 176 Å². The van der Waals surface area contributed by atoms with E-state index in [2.05, 4.69) is 33.9 Å². The Morgan fingerprint density at radius 2 is 1.90 bits per heavy atom. The number of rotatable bonds is 8. The first-order chi connectivity index (χ1) is 14.2. The van der Waals surface area contributed by atoms with Gasteiger partial charge in [0.15, 0.2) is 11.0 Å². The third kappa shape index (κ3) is 6.16. The van der Waals surface area contributed by atoms with Crippen LogP contribution < -0.4 is 0 Å². The van der Waals surface area contributed by atoms with Crippen LogP contribution in [0.5, 0.6) is 0 Å². The Balaban J connectivity index is 1.65. The Bertz CT molecular complexity index is 986. The summed E-state index contributed by atoms with van der Waals surface area (Å²) in [6.45, 7) is 2.21. The first-order valence-electron chi connectivity index (χ1n) is 9.88. The van der Waals surface area contributed by atoms with Crippen molar-refractivity contribution in [2.24, 2.45) is 7.05 Å². The highest BCUT2D eigenvalue weighted by atomic mass is 32.2. The van der Waals surface area contributed by atoms with Gasteiger partial charge in [-0.15, -0.1) is 10.2 Å². The molecule has 0 bridgehead atoms. The van der Waals surface area contributed by atoms with Crippen molar-refractivity contribution < 1.29 is 4.39 Å². The molecular weight excluding hydrogens is 383 g/mol. The normalized spacial score (nSPS) is 10.6. The fourth-order valence-corrected chi connectivity index (χ4v) is 3.72. The predicted molar refractivity (Wildman–Crippen MR) is 116 cm³/mol. The van der Waals surface area contributed by atoms with Gasteiger partial charge < -0.3 is 4.57 Å². The molecule has 0 aliphatic rings. The average Bonchev–Trinajstić information content (AvgIpc) is 3.11. The Morgan fingerprint density at radius 1 is 1.07 bits per heavy atom. The van der Waals surface area contributed by atoms with Crippen molar-refractivity contribution >= 4 is 11.8 Å². The lowest BCUT2D eigenvalue weighted by Gasteiger charge is -2.04. The lowest BCUT2D eigenvalue weighted by Crippen LogP contribution is -1.96. The van der Waals surface area contributed by atoms with Gasteiger partial charge in [0, 0.05) is 42.7 Å². The second-order valence-corrected chi connectivity index (χ2v) is 7.80. The van der Waals surface area contributed by atoms with Gasteiger partial charge in [-0.2, -0.15) is 0 Å². The maximum atomic E-state index is 13.0. The van der Waals surface area contributed by atoms with Crippen LogP contribution in [-0.2, 0) is 12.8 Å². The molecule has 2 aromatic heterocycles. The van der Waals surface area contributed by atoms with E-state index in [1.54, 1.807) is 36.3 Å². The fraction of sp³-hybridized carbons (Fsp3) is 0.348. The number of hydrogen-bond donors (Lipinski definition) is 0. The second kappa shape index (κ2) is 10.8. The number of hydrogen-bond acceptors (Lipinski definition) is 4. The van der Waals surface area contributed by atoms with Crippen LogP contribution in [0.3, 0.4) is 0 Å². The number of nitrogens with zero attached hydrogens (tertiary/aromatic N) is 4. The average molecular weight is 409 g/mol. The van der Waals surface area contributed by atoms with Crippen LogP contribution >= 0.6 is 11.8 Å². The molecule has 0 radical (unpaired) electrons. The number of thioether (sulfide) groups is 1. The van der Waals surface area contributed by atoms with E-state index in [-0.39, 0.29) is 5.82 Å². The summed E-state index contributed by atoms with van der Waals surface area (Å²) in [6, 6.07) is 8.52. The van der Waals surface area contributed by atoms with E-state index < -0.39 is 0 Å². The van der Waals surface area contributed by atoms with Gasteiger partial charge in [0.2, 0.25) is 0 Å². The Hall–Kier alpha value is -2.65. The lowest BCUT2D eigenvalue weighted by atomic mass is 10.1. The molecule has 0 spiro atoms. The zero-order valence-electron chi connectivity index (χ0n) is 16.9. The van der Waals surface area contributed by atoms with Gasteiger partial charge in [-0.25, -0.2) is 4.39 Å². The van der Waals surface area contributed by atoms with Crippen LogP contribution in [0.25, 0.3) is 11.4 Å². The monoisotopic (exact) mass is 408 g/mol. The molecule has 0 aliphatic heterocycles. The van der Waals surface area contributed by atoms with Gasteiger partial charge in [-0.3, -0.25) is 4.98 Å². The molecule has 0 amide bonds. The number of benzene rings is 1. The van der Waals surface area contributed by atoms with Crippen LogP contribution in [0.15, 0.2) is 47.9 Å². The number of unbranched alkanes of at least 4 members (excludes halogenated alkanes) is 4. The molecule has 0 N–H and O–H groups in total. The van der Waals surface area contributed by atoms with Gasteiger partial charge in [-0.05, 0) is 30.2 Å². The number of halogens is 1. The SMILES string of the molecule is CCCCCCC#Cc1cncc(-c2nnc(SCc3ccc(F)cc3)n2C)c1. The largest absolute Gasteiger partial charge is 0.305 e. The zero-order valence-corrected chi connectivity index (χ0v) is 17.7. The molecule has 3 aromatic rings. The van der Waals surface area contributed by atoms with Crippen LogP contribution in [0.4, 0.5) is 4.39 Å². The van der Waals surface area contributed by atoms with Gasteiger partial charge in [0.05, 0.1) is 0 Å². The molecule has 0 saturated heterocycles. The molecule has 29 heavy (non-hydrogen) atoms. The third-order valence-corrected chi connectivity index (χ3v) is 5.59. The van der Waals surface area contributed by atoms with E-state index >= 15 is 0 Å². The maximum Gasteiger partial charge on any atom is 0.191 e. The topological polar surface area (TPSA) is 43.6 Å². The summed E-state index contributed by atoms with van der Waals surface area (Å²) in [5, 5.41) is 9.43. The van der Waals surface area contributed by atoms with Crippen molar-refractivity contribution in [3.8, 4) is 23.2 Å². The summed E-state index contributed by atoms with van der Waals surface area (Å²) in [5.74, 6) is 7.67. The summed E-state index contributed by atoms with van der Waals surface area (Å²) in [7, 11) is 1.94. The molecule has 0 atom stereocenters. The smallest absolute Gasteiger partial charge is 0.191 e. The van der Waals surface area contributed by atoms with Gasteiger partial charge in [0.1, 0.15) is 5.82 Å². The fourth-order valence-electron chi connectivity index (χ4n) is 2.86. The molecule has 150 valence electrons. The lowest BCUT2D eigenvalue weighted by molar-refractivity contribution is 0.627. The summed E-state index contributed by atoms with van der Waals surface area (Å²) >= 11 is 1.57. The predicted octanol–water partition coefficient (Wildman–Crippen LogP) is 5.63. The maximum absolute atomic E-state index is 13.0. The summed E-state index contributed by atoms with van der Waals surface area (Å²) < 4.78 is 15.0. The molecular formula is C23H25FN4S. The van der Waals surface area contributed by atoms with E-state index in [1.807, 2.05) is 17.7 Å². The molecule has 2 heterocycles. The van der Waals surface area contributed by atoms with E-state index in [0.717, 1.165) is 40.5 Å². The van der Waals surface area contributed by atoms with Crippen molar-refractivity contribution in [3.05, 3.63) is 59.7 Å². The van der Waals surface area contributed by atoms with Crippen LogP contribution in [0, 0.1) is 17.7 Å².